The first kappa shape index (κ1) is 18.6. The summed E-state index contributed by atoms with van der Waals surface area (Å²) in [7, 11) is -4.37. The highest BCUT2D eigenvalue weighted by molar-refractivity contribution is 7.92. The Kier molecular flexibility index (Phi) is 5.22. The number of rotatable bonds is 6. The van der Waals surface area contributed by atoms with Crippen molar-refractivity contribution < 1.29 is 26.4 Å². The fourth-order valence-electron chi connectivity index (χ4n) is 2.34. The zero-order valence-corrected chi connectivity index (χ0v) is 14.6. The van der Waals surface area contributed by atoms with Crippen LogP contribution in [0.3, 0.4) is 0 Å². The first-order chi connectivity index (χ1) is 12.9. The fourth-order valence-corrected chi connectivity index (χ4v) is 3.48. The van der Waals surface area contributed by atoms with E-state index in [1.54, 1.807) is 18.2 Å². The molecule has 27 heavy (non-hydrogen) atoms. The van der Waals surface area contributed by atoms with Gasteiger partial charge in [0, 0.05) is 6.07 Å². The standard InChI is InChI=1S/C18H14F2N2O4S/c19-12-7-8-17(15(20)10-12)27(24,25)22-16-6-2-1-5-14(16)18(23)21-11-13-4-3-9-26-13/h1-10,22H,11H2,(H,21,23). The van der Waals surface area contributed by atoms with Gasteiger partial charge in [-0.3, -0.25) is 9.52 Å². The Morgan fingerprint density at radius 3 is 2.52 bits per heavy atom. The molecular weight excluding hydrogens is 378 g/mol. The molecule has 0 unspecified atom stereocenters. The molecule has 0 atom stereocenters. The van der Waals surface area contributed by atoms with Gasteiger partial charge in [-0.25, -0.2) is 17.2 Å². The zero-order chi connectivity index (χ0) is 19.4. The molecule has 0 aliphatic heterocycles. The van der Waals surface area contributed by atoms with Crippen molar-refractivity contribution in [3.8, 4) is 0 Å². The number of amides is 1. The van der Waals surface area contributed by atoms with Crippen LogP contribution >= 0.6 is 0 Å². The number of carbonyl (C=O) groups excluding carboxylic acids is 1. The largest absolute Gasteiger partial charge is 0.467 e. The lowest BCUT2D eigenvalue weighted by Crippen LogP contribution is -2.25. The van der Waals surface area contributed by atoms with Crippen molar-refractivity contribution in [3.63, 3.8) is 0 Å². The van der Waals surface area contributed by atoms with Gasteiger partial charge in [0.2, 0.25) is 0 Å². The van der Waals surface area contributed by atoms with Gasteiger partial charge in [-0.1, -0.05) is 12.1 Å². The van der Waals surface area contributed by atoms with Crippen molar-refractivity contribution in [2.24, 2.45) is 0 Å². The summed E-state index contributed by atoms with van der Waals surface area (Å²) in [6, 6.07) is 11.3. The molecule has 0 aliphatic carbocycles. The molecule has 0 saturated heterocycles. The Morgan fingerprint density at radius 1 is 1.04 bits per heavy atom. The Bertz CT molecular complexity index is 1070. The molecule has 1 heterocycles. The third-order valence-electron chi connectivity index (χ3n) is 3.60. The first-order valence-corrected chi connectivity index (χ1v) is 9.22. The van der Waals surface area contributed by atoms with Gasteiger partial charge in [-0.2, -0.15) is 0 Å². The second-order valence-corrected chi connectivity index (χ2v) is 7.14. The summed E-state index contributed by atoms with van der Waals surface area (Å²) in [6.07, 6.45) is 1.46. The second kappa shape index (κ2) is 7.58. The van der Waals surface area contributed by atoms with Gasteiger partial charge in [0.25, 0.3) is 15.9 Å². The second-order valence-electron chi connectivity index (χ2n) is 5.49. The number of sulfonamides is 1. The van der Waals surface area contributed by atoms with Crippen LogP contribution in [0.2, 0.25) is 0 Å². The zero-order valence-electron chi connectivity index (χ0n) is 13.8. The van der Waals surface area contributed by atoms with Crippen LogP contribution in [0.1, 0.15) is 16.1 Å². The van der Waals surface area contributed by atoms with E-state index in [9.17, 15) is 22.0 Å². The fraction of sp³-hybridized carbons (Fsp3) is 0.0556. The lowest BCUT2D eigenvalue weighted by Gasteiger charge is -2.13. The number of carbonyl (C=O) groups is 1. The summed E-state index contributed by atoms with van der Waals surface area (Å²) in [5, 5.41) is 2.59. The Labute approximate surface area is 153 Å². The maximum Gasteiger partial charge on any atom is 0.264 e. The van der Waals surface area contributed by atoms with Crippen LogP contribution in [0.5, 0.6) is 0 Å². The molecule has 2 N–H and O–H groups in total. The van der Waals surface area contributed by atoms with Crippen molar-refractivity contribution in [1.29, 1.82) is 0 Å². The summed E-state index contributed by atoms with van der Waals surface area (Å²) in [5.41, 5.74) is -0.00618. The number of nitrogens with one attached hydrogen (secondary N) is 2. The molecule has 6 nitrogen and oxygen atoms in total. The minimum atomic E-state index is -4.37. The summed E-state index contributed by atoms with van der Waals surface area (Å²) in [6.45, 7) is 0.111. The highest BCUT2D eigenvalue weighted by atomic mass is 32.2. The maximum absolute atomic E-state index is 13.8. The van der Waals surface area contributed by atoms with E-state index in [-0.39, 0.29) is 17.8 Å². The molecular formula is C18H14F2N2O4S. The van der Waals surface area contributed by atoms with Crippen LogP contribution in [0.4, 0.5) is 14.5 Å². The predicted octanol–water partition coefficient (Wildman–Crippen LogP) is 3.29. The lowest BCUT2D eigenvalue weighted by molar-refractivity contribution is 0.0949. The molecule has 0 aliphatic rings. The van der Waals surface area contributed by atoms with Crippen LogP contribution in [-0.2, 0) is 16.6 Å². The third-order valence-corrected chi connectivity index (χ3v) is 5.00. The number of anilines is 1. The van der Waals surface area contributed by atoms with Crippen molar-refractivity contribution in [2.75, 3.05) is 4.72 Å². The van der Waals surface area contributed by atoms with Crippen molar-refractivity contribution in [1.82, 2.24) is 5.32 Å². The molecule has 9 heteroatoms. The third kappa shape index (κ3) is 4.32. The van der Waals surface area contributed by atoms with E-state index in [0.29, 0.717) is 11.8 Å². The summed E-state index contributed by atoms with van der Waals surface area (Å²) in [4.78, 5) is 11.7. The Balaban J connectivity index is 1.84. The molecule has 140 valence electrons. The summed E-state index contributed by atoms with van der Waals surface area (Å²) >= 11 is 0. The highest BCUT2D eigenvalue weighted by Crippen LogP contribution is 2.22. The van der Waals surface area contributed by atoms with E-state index in [1.165, 1.54) is 24.5 Å². The van der Waals surface area contributed by atoms with Gasteiger partial charge in [-0.15, -0.1) is 0 Å². The van der Waals surface area contributed by atoms with Crippen molar-refractivity contribution >= 4 is 21.6 Å². The Hall–Kier alpha value is -3.20. The van der Waals surface area contributed by atoms with Crippen molar-refractivity contribution in [2.45, 2.75) is 11.4 Å². The van der Waals surface area contributed by atoms with E-state index >= 15 is 0 Å². The van der Waals surface area contributed by atoms with Crippen LogP contribution in [0.25, 0.3) is 0 Å². The van der Waals surface area contributed by atoms with Gasteiger partial charge >= 0.3 is 0 Å². The minimum absolute atomic E-state index is 0.0372. The number of benzene rings is 2. The van der Waals surface area contributed by atoms with E-state index in [2.05, 4.69) is 10.0 Å². The lowest BCUT2D eigenvalue weighted by atomic mass is 10.1. The van der Waals surface area contributed by atoms with E-state index in [1.807, 2.05) is 0 Å². The molecule has 3 aromatic rings. The molecule has 0 bridgehead atoms. The first-order valence-electron chi connectivity index (χ1n) is 7.74. The number of halogens is 2. The summed E-state index contributed by atoms with van der Waals surface area (Å²) < 4.78 is 59.0. The van der Waals surface area contributed by atoms with Gasteiger partial charge in [-0.05, 0) is 36.4 Å². The smallest absolute Gasteiger partial charge is 0.264 e. The molecule has 2 aromatic carbocycles. The monoisotopic (exact) mass is 392 g/mol. The van der Waals surface area contributed by atoms with Crippen LogP contribution < -0.4 is 10.0 Å². The van der Waals surface area contributed by atoms with Gasteiger partial charge < -0.3 is 9.73 Å². The van der Waals surface area contributed by atoms with Crippen molar-refractivity contribution in [3.05, 3.63) is 83.8 Å². The highest BCUT2D eigenvalue weighted by Gasteiger charge is 2.22. The predicted molar refractivity (Wildman–Crippen MR) is 93.5 cm³/mol. The van der Waals surface area contributed by atoms with Crippen LogP contribution in [0.15, 0.2) is 70.2 Å². The van der Waals surface area contributed by atoms with Gasteiger partial charge in [0.15, 0.2) is 0 Å². The molecule has 0 spiro atoms. The minimum Gasteiger partial charge on any atom is -0.467 e. The normalized spacial score (nSPS) is 11.2. The quantitative estimate of drug-likeness (QED) is 0.674. The number of hydrogen-bond acceptors (Lipinski definition) is 4. The van der Waals surface area contributed by atoms with Gasteiger partial charge in [0.1, 0.15) is 22.3 Å². The summed E-state index contributed by atoms with van der Waals surface area (Å²) in [5.74, 6) is -2.16. The number of para-hydroxylation sites is 1. The SMILES string of the molecule is O=C(NCc1ccco1)c1ccccc1NS(=O)(=O)c1ccc(F)cc1F. The number of hydrogen-bond donors (Lipinski definition) is 2. The van der Waals surface area contributed by atoms with Crippen LogP contribution in [-0.4, -0.2) is 14.3 Å². The molecule has 0 saturated carbocycles. The average molecular weight is 392 g/mol. The van der Waals surface area contributed by atoms with Crippen LogP contribution in [0, 0.1) is 11.6 Å². The molecule has 0 fully saturated rings. The molecule has 1 aromatic heterocycles. The average Bonchev–Trinajstić information content (AvgIpc) is 3.13. The topological polar surface area (TPSA) is 88.4 Å². The number of furan rings is 1. The molecule has 0 radical (unpaired) electrons. The van der Waals surface area contributed by atoms with E-state index in [4.69, 9.17) is 4.42 Å². The van der Waals surface area contributed by atoms with E-state index < -0.39 is 32.5 Å². The molecule has 3 rings (SSSR count). The van der Waals surface area contributed by atoms with Gasteiger partial charge in [0.05, 0.1) is 24.1 Å². The maximum atomic E-state index is 13.8. The molecule has 1 amide bonds. The Morgan fingerprint density at radius 2 is 1.81 bits per heavy atom. The van der Waals surface area contributed by atoms with E-state index in [0.717, 1.165) is 12.1 Å².